The third-order valence-electron chi connectivity index (χ3n) is 7.24. The molecular formula is C36H67N5O8. The highest BCUT2D eigenvalue weighted by Crippen LogP contribution is 2.14. The van der Waals surface area contributed by atoms with Crippen molar-refractivity contribution in [2.75, 3.05) is 7.11 Å². The van der Waals surface area contributed by atoms with E-state index < -0.39 is 71.5 Å². The molecule has 13 heteroatoms. The van der Waals surface area contributed by atoms with Crippen LogP contribution in [0.3, 0.4) is 0 Å². The van der Waals surface area contributed by atoms with Gasteiger partial charge in [0, 0.05) is 0 Å². The number of carbonyl (C=O) groups is 6. The predicted molar refractivity (Wildman–Crippen MR) is 190 cm³/mol. The Balaban J connectivity index is 6.16. The van der Waals surface area contributed by atoms with Gasteiger partial charge in [0.25, 0.3) is 0 Å². The molecule has 5 atom stereocenters. The number of nitrogens with one attached hydrogen (secondary N) is 5. The molecule has 0 aromatic heterocycles. The molecule has 0 heterocycles. The number of methoxy groups -OCH3 is 1. The lowest BCUT2D eigenvalue weighted by Crippen LogP contribution is -2.59. The molecule has 0 spiro atoms. The van der Waals surface area contributed by atoms with Crippen LogP contribution in [0.25, 0.3) is 0 Å². The highest BCUT2D eigenvalue weighted by atomic mass is 16.6. The molecule has 0 aromatic carbocycles. The van der Waals surface area contributed by atoms with Crippen LogP contribution in [0.5, 0.6) is 0 Å². The van der Waals surface area contributed by atoms with Crippen molar-refractivity contribution in [2.24, 2.45) is 29.6 Å². The van der Waals surface area contributed by atoms with Crippen LogP contribution < -0.4 is 26.6 Å². The first-order chi connectivity index (χ1) is 22.4. The van der Waals surface area contributed by atoms with Gasteiger partial charge in [0.15, 0.2) is 0 Å². The minimum absolute atomic E-state index is 0.00324. The highest BCUT2D eigenvalue weighted by molar-refractivity contribution is 5.96. The van der Waals surface area contributed by atoms with Gasteiger partial charge in [-0.15, -0.1) is 0 Å². The van der Waals surface area contributed by atoms with Crippen LogP contribution in [0, 0.1) is 29.6 Å². The van der Waals surface area contributed by atoms with Gasteiger partial charge in [0.1, 0.15) is 35.8 Å². The standard InChI is InChI=1S/C36H67N5O8/c1-20(2)15-25(30(42)38-27(17-22(5)6)32(44)40-29(19-24(9)10)34(46)48-14)37-31(43)26(16-21(3)4)39-33(45)28(18-23(7)8)41-35(47)49-36(11,12)13/h20-29H,15-19H2,1-14H3,(H,37,43)(H,38,42)(H,39,45)(H,40,44)(H,41,47)/t25-,26-,27-,28-,29-/m0/s1. The Hall–Kier alpha value is -3.38. The van der Waals surface area contributed by atoms with Gasteiger partial charge in [-0.2, -0.15) is 0 Å². The summed E-state index contributed by atoms with van der Waals surface area (Å²) >= 11 is 0. The minimum Gasteiger partial charge on any atom is -0.467 e. The van der Waals surface area contributed by atoms with E-state index in [2.05, 4.69) is 26.6 Å². The number of hydrogen-bond acceptors (Lipinski definition) is 8. The summed E-state index contributed by atoms with van der Waals surface area (Å²) in [6, 6.07) is -4.82. The van der Waals surface area contributed by atoms with Crippen molar-refractivity contribution in [3.63, 3.8) is 0 Å². The highest BCUT2D eigenvalue weighted by Gasteiger charge is 2.34. The Bertz CT molecular complexity index is 1080. The van der Waals surface area contributed by atoms with Crippen LogP contribution in [-0.2, 0) is 33.4 Å². The monoisotopic (exact) mass is 697 g/mol. The molecule has 0 aromatic rings. The summed E-state index contributed by atoms with van der Waals surface area (Å²) in [7, 11) is 1.26. The molecule has 0 saturated carbocycles. The lowest BCUT2D eigenvalue weighted by molar-refractivity contribution is -0.146. The van der Waals surface area contributed by atoms with Crippen LogP contribution in [0.1, 0.15) is 122 Å². The SMILES string of the molecule is COC(=O)[C@H](CC(C)C)NC(=O)[C@H](CC(C)C)NC(=O)[C@H](CC(C)C)NC(=O)[C@H](CC(C)C)NC(=O)[C@H](CC(C)C)NC(=O)OC(C)(C)C. The summed E-state index contributed by atoms with van der Waals surface area (Å²) in [5.41, 5.74) is -0.763. The van der Waals surface area contributed by atoms with Crippen LogP contribution in [0.2, 0.25) is 0 Å². The van der Waals surface area contributed by atoms with Gasteiger partial charge in [-0.3, -0.25) is 19.2 Å². The summed E-state index contributed by atoms with van der Waals surface area (Å²) < 4.78 is 10.2. The molecule has 0 rings (SSSR count). The van der Waals surface area contributed by atoms with Gasteiger partial charge in [-0.05, 0) is 82.5 Å². The summed E-state index contributed by atoms with van der Waals surface area (Å²) in [6.07, 6.45) is 0.771. The molecule has 0 aliphatic rings. The number of carbonyl (C=O) groups excluding carboxylic acids is 6. The molecule has 0 aliphatic heterocycles. The van der Waals surface area contributed by atoms with Gasteiger partial charge >= 0.3 is 12.1 Å². The molecule has 5 N–H and O–H groups in total. The molecule has 49 heavy (non-hydrogen) atoms. The number of hydrogen-bond donors (Lipinski definition) is 5. The fraction of sp³-hybridized carbons (Fsp3) is 0.833. The van der Waals surface area contributed by atoms with E-state index in [-0.39, 0.29) is 42.4 Å². The largest absolute Gasteiger partial charge is 0.467 e. The lowest BCUT2D eigenvalue weighted by Gasteiger charge is -2.29. The molecule has 13 nitrogen and oxygen atoms in total. The quantitative estimate of drug-likeness (QED) is 0.117. The summed E-state index contributed by atoms with van der Waals surface area (Å²) in [4.78, 5) is 79.4. The van der Waals surface area contributed by atoms with E-state index in [1.165, 1.54) is 7.11 Å². The molecule has 0 aliphatic carbocycles. The van der Waals surface area contributed by atoms with E-state index in [0.717, 1.165) is 0 Å². The first-order valence-electron chi connectivity index (χ1n) is 17.7. The number of amides is 5. The smallest absolute Gasteiger partial charge is 0.408 e. The normalized spacial score (nSPS) is 14.9. The molecule has 0 fully saturated rings. The van der Waals surface area contributed by atoms with E-state index in [1.54, 1.807) is 20.8 Å². The third kappa shape index (κ3) is 20.0. The molecule has 0 unspecified atom stereocenters. The first-order valence-corrected chi connectivity index (χ1v) is 17.7. The Morgan fingerprint density at radius 1 is 0.449 bits per heavy atom. The zero-order valence-corrected chi connectivity index (χ0v) is 32.6. The zero-order chi connectivity index (χ0) is 38.2. The lowest BCUT2D eigenvalue weighted by atomic mass is 9.97. The van der Waals surface area contributed by atoms with Gasteiger partial charge in [-0.1, -0.05) is 69.2 Å². The van der Waals surface area contributed by atoms with Gasteiger partial charge in [0.2, 0.25) is 23.6 Å². The third-order valence-corrected chi connectivity index (χ3v) is 7.24. The molecule has 0 radical (unpaired) electrons. The maximum Gasteiger partial charge on any atom is 0.408 e. The van der Waals surface area contributed by atoms with Gasteiger partial charge in [-0.25, -0.2) is 9.59 Å². The summed E-state index contributed by atoms with van der Waals surface area (Å²) in [5.74, 6) is -2.58. The van der Waals surface area contributed by atoms with Crippen molar-refractivity contribution in [1.82, 2.24) is 26.6 Å². The van der Waals surface area contributed by atoms with Crippen LogP contribution >= 0.6 is 0 Å². The summed E-state index contributed by atoms with van der Waals surface area (Å²) in [5, 5.41) is 13.8. The fourth-order valence-electron chi connectivity index (χ4n) is 5.18. The molecule has 284 valence electrons. The van der Waals surface area contributed by atoms with E-state index in [0.29, 0.717) is 19.3 Å². The molecule has 0 bridgehead atoms. The Morgan fingerprint density at radius 2 is 0.694 bits per heavy atom. The molecular weight excluding hydrogens is 630 g/mol. The van der Waals surface area contributed by atoms with Crippen LogP contribution in [0.15, 0.2) is 0 Å². The van der Waals surface area contributed by atoms with E-state index >= 15 is 0 Å². The number of esters is 1. The second-order valence-electron chi connectivity index (χ2n) is 16.1. The van der Waals surface area contributed by atoms with Crippen LogP contribution in [-0.4, -0.2) is 78.6 Å². The van der Waals surface area contributed by atoms with Crippen LogP contribution in [0.4, 0.5) is 4.79 Å². The maximum absolute atomic E-state index is 13.8. The predicted octanol–water partition coefficient (Wildman–Crippen LogP) is 4.22. The molecule has 0 saturated heterocycles. The van der Waals surface area contributed by atoms with E-state index in [1.807, 2.05) is 69.2 Å². The fourth-order valence-corrected chi connectivity index (χ4v) is 5.18. The Morgan fingerprint density at radius 3 is 0.939 bits per heavy atom. The van der Waals surface area contributed by atoms with E-state index in [9.17, 15) is 28.8 Å². The van der Waals surface area contributed by atoms with Crippen molar-refractivity contribution in [1.29, 1.82) is 0 Å². The molecule has 5 amide bonds. The van der Waals surface area contributed by atoms with Gasteiger partial charge in [0.05, 0.1) is 7.11 Å². The minimum atomic E-state index is -1.01. The topological polar surface area (TPSA) is 181 Å². The number of ether oxygens (including phenoxy) is 2. The van der Waals surface area contributed by atoms with Crippen molar-refractivity contribution >= 4 is 35.7 Å². The van der Waals surface area contributed by atoms with Gasteiger partial charge < -0.3 is 36.1 Å². The zero-order valence-electron chi connectivity index (χ0n) is 32.6. The average Bonchev–Trinajstić information content (AvgIpc) is 2.92. The number of alkyl carbamates (subject to hydrolysis) is 1. The average molecular weight is 698 g/mol. The Labute approximate surface area is 294 Å². The number of rotatable bonds is 20. The van der Waals surface area contributed by atoms with Crippen molar-refractivity contribution < 1.29 is 38.2 Å². The maximum atomic E-state index is 13.8. The summed E-state index contributed by atoms with van der Waals surface area (Å²) in [6.45, 7) is 24.3. The first kappa shape index (κ1) is 45.6. The van der Waals surface area contributed by atoms with Crippen molar-refractivity contribution in [3.05, 3.63) is 0 Å². The van der Waals surface area contributed by atoms with E-state index in [4.69, 9.17) is 9.47 Å². The second-order valence-corrected chi connectivity index (χ2v) is 16.1. The second kappa shape index (κ2) is 21.7. The Kier molecular flexibility index (Phi) is 20.2. The van der Waals surface area contributed by atoms with Crippen molar-refractivity contribution in [2.45, 2.75) is 158 Å². The van der Waals surface area contributed by atoms with Crippen molar-refractivity contribution in [3.8, 4) is 0 Å².